The van der Waals surface area contributed by atoms with E-state index in [4.69, 9.17) is 22.4 Å². The number of halogens is 2. The molecule has 0 unspecified atom stereocenters. The topological polar surface area (TPSA) is 127 Å². The monoisotopic (exact) mass is 324 g/mol. The molecule has 0 saturated heterocycles. The SMILES string of the molecule is NC(=O)CCNS(=O)(=O)c1cc(Cl)cc(C(=O)O)c1F. The molecule has 1 aromatic rings. The average molecular weight is 325 g/mol. The van der Waals surface area contributed by atoms with Crippen LogP contribution in [0.15, 0.2) is 17.0 Å². The first kappa shape index (κ1) is 16.3. The van der Waals surface area contributed by atoms with Crippen molar-refractivity contribution in [2.24, 2.45) is 5.73 Å². The zero-order valence-corrected chi connectivity index (χ0v) is 11.5. The van der Waals surface area contributed by atoms with E-state index in [1.54, 1.807) is 0 Å². The maximum absolute atomic E-state index is 13.8. The number of carbonyl (C=O) groups excluding carboxylic acids is 1. The third-order valence-corrected chi connectivity index (χ3v) is 3.87. The van der Waals surface area contributed by atoms with Crippen LogP contribution < -0.4 is 10.5 Å². The van der Waals surface area contributed by atoms with Gasteiger partial charge in [-0.05, 0) is 12.1 Å². The second-order valence-corrected chi connectivity index (χ2v) is 5.86. The molecular formula is C10H10ClFN2O5S. The van der Waals surface area contributed by atoms with Crippen molar-refractivity contribution < 1.29 is 27.5 Å². The van der Waals surface area contributed by atoms with Crippen LogP contribution in [0.4, 0.5) is 4.39 Å². The largest absolute Gasteiger partial charge is 0.478 e. The van der Waals surface area contributed by atoms with Gasteiger partial charge in [-0.2, -0.15) is 0 Å². The number of amides is 1. The molecule has 0 aromatic heterocycles. The van der Waals surface area contributed by atoms with E-state index in [-0.39, 0.29) is 18.0 Å². The quantitative estimate of drug-likeness (QED) is 0.695. The number of carboxylic acid groups (broad SMARTS) is 1. The van der Waals surface area contributed by atoms with Crippen LogP contribution in [0.2, 0.25) is 5.02 Å². The number of carbonyl (C=O) groups is 2. The molecule has 0 aliphatic heterocycles. The number of rotatable bonds is 6. The van der Waals surface area contributed by atoms with Gasteiger partial charge in [-0.3, -0.25) is 4.79 Å². The molecule has 0 bridgehead atoms. The van der Waals surface area contributed by atoms with Crippen LogP contribution in [0.5, 0.6) is 0 Å². The predicted octanol–water partition coefficient (Wildman–Crippen LogP) is 0.331. The van der Waals surface area contributed by atoms with Gasteiger partial charge in [0.2, 0.25) is 15.9 Å². The highest BCUT2D eigenvalue weighted by molar-refractivity contribution is 7.89. The van der Waals surface area contributed by atoms with E-state index >= 15 is 0 Å². The van der Waals surface area contributed by atoms with Gasteiger partial charge in [0, 0.05) is 18.0 Å². The molecule has 0 aliphatic rings. The van der Waals surface area contributed by atoms with E-state index in [9.17, 15) is 22.4 Å². The molecule has 110 valence electrons. The van der Waals surface area contributed by atoms with Gasteiger partial charge in [0.25, 0.3) is 0 Å². The van der Waals surface area contributed by atoms with Crippen LogP contribution in [-0.2, 0) is 14.8 Å². The van der Waals surface area contributed by atoms with Gasteiger partial charge in [-0.25, -0.2) is 22.3 Å². The Morgan fingerprint density at radius 3 is 2.50 bits per heavy atom. The number of nitrogens with one attached hydrogen (secondary N) is 1. The highest BCUT2D eigenvalue weighted by Gasteiger charge is 2.24. The van der Waals surface area contributed by atoms with Crippen molar-refractivity contribution in [2.75, 3.05) is 6.54 Å². The zero-order chi connectivity index (χ0) is 15.5. The molecule has 4 N–H and O–H groups in total. The first-order valence-corrected chi connectivity index (χ1v) is 7.01. The summed E-state index contributed by atoms with van der Waals surface area (Å²) in [4.78, 5) is 20.4. The summed E-state index contributed by atoms with van der Waals surface area (Å²) >= 11 is 5.56. The maximum atomic E-state index is 13.8. The fourth-order valence-electron chi connectivity index (χ4n) is 1.30. The zero-order valence-electron chi connectivity index (χ0n) is 9.89. The van der Waals surface area contributed by atoms with Crippen LogP contribution in [0.25, 0.3) is 0 Å². The van der Waals surface area contributed by atoms with E-state index in [0.29, 0.717) is 0 Å². The summed E-state index contributed by atoms with van der Waals surface area (Å²) in [7, 11) is -4.35. The van der Waals surface area contributed by atoms with Crippen molar-refractivity contribution >= 4 is 33.5 Å². The van der Waals surface area contributed by atoms with Crippen molar-refractivity contribution in [1.82, 2.24) is 4.72 Å². The lowest BCUT2D eigenvalue weighted by Gasteiger charge is -2.09. The van der Waals surface area contributed by atoms with Gasteiger partial charge in [0.15, 0.2) is 5.82 Å². The van der Waals surface area contributed by atoms with Gasteiger partial charge in [-0.15, -0.1) is 0 Å². The molecular weight excluding hydrogens is 315 g/mol. The Labute approximate surface area is 118 Å². The molecule has 0 atom stereocenters. The van der Waals surface area contributed by atoms with Crippen molar-refractivity contribution in [3.05, 3.63) is 28.5 Å². The number of primary amides is 1. The number of hydrogen-bond acceptors (Lipinski definition) is 4. The average Bonchev–Trinajstić information content (AvgIpc) is 2.30. The summed E-state index contributed by atoms with van der Waals surface area (Å²) in [6, 6.07) is 1.57. The van der Waals surface area contributed by atoms with Crippen molar-refractivity contribution in [1.29, 1.82) is 0 Å². The molecule has 1 amide bonds. The highest BCUT2D eigenvalue weighted by atomic mass is 35.5. The number of hydrogen-bond donors (Lipinski definition) is 3. The summed E-state index contributed by atoms with van der Waals surface area (Å²) in [6.45, 7) is -0.341. The lowest BCUT2D eigenvalue weighted by molar-refractivity contribution is -0.117. The summed E-state index contributed by atoms with van der Waals surface area (Å²) in [5.74, 6) is -3.84. The van der Waals surface area contributed by atoms with Gasteiger partial charge in [0.05, 0.1) is 5.56 Å². The van der Waals surface area contributed by atoms with Gasteiger partial charge in [0.1, 0.15) is 4.90 Å². The molecule has 10 heteroatoms. The van der Waals surface area contributed by atoms with Crippen molar-refractivity contribution in [3.8, 4) is 0 Å². The summed E-state index contributed by atoms with van der Waals surface area (Å²) < 4.78 is 39.4. The van der Waals surface area contributed by atoms with E-state index in [1.807, 2.05) is 4.72 Å². The molecule has 0 radical (unpaired) electrons. The first-order valence-electron chi connectivity index (χ1n) is 5.15. The molecule has 1 rings (SSSR count). The molecule has 0 saturated carbocycles. The number of aromatic carboxylic acids is 1. The number of sulfonamides is 1. The van der Waals surface area contributed by atoms with Crippen LogP contribution in [0.3, 0.4) is 0 Å². The Kier molecular flexibility index (Phi) is 5.03. The van der Waals surface area contributed by atoms with Crippen LogP contribution in [-0.4, -0.2) is 31.9 Å². The minimum atomic E-state index is -4.35. The third-order valence-electron chi connectivity index (χ3n) is 2.19. The molecule has 1 aromatic carbocycles. The molecule has 7 nitrogen and oxygen atoms in total. The Bertz CT molecular complexity index is 662. The Morgan fingerprint density at radius 1 is 1.40 bits per heavy atom. The Hall–Kier alpha value is -1.71. The van der Waals surface area contributed by atoms with Gasteiger partial charge in [-0.1, -0.05) is 11.6 Å². The highest BCUT2D eigenvalue weighted by Crippen LogP contribution is 2.23. The standard InChI is InChI=1S/C10H10ClFN2O5S/c11-5-3-6(10(16)17)9(12)7(4-5)20(18,19)14-2-1-8(13)15/h3-4,14H,1-2H2,(H2,13,15)(H,16,17). The minimum Gasteiger partial charge on any atom is -0.478 e. The summed E-state index contributed by atoms with van der Waals surface area (Å²) in [6.07, 6.45) is -0.285. The second kappa shape index (κ2) is 6.16. The number of carboxylic acids is 1. The predicted molar refractivity (Wildman–Crippen MR) is 67.4 cm³/mol. The van der Waals surface area contributed by atoms with E-state index in [2.05, 4.69) is 0 Å². The number of nitrogens with two attached hydrogens (primary N) is 1. The van der Waals surface area contributed by atoms with Crippen molar-refractivity contribution in [2.45, 2.75) is 11.3 Å². The smallest absolute Gasteiger partial charge is 0.338 e. The lowest BCUT2D eigenvalue weighted by Crippen LogP contribution is -2.29. The first-order chi connectivity index (χ1) is 9.15. The minimum absolute atomic E-state index is 0.251. The summed E-state index contributed by atoms with van der Waals surface area (Å²) in [5, 5.41) is 8.50. The molecule has 20 heavy (non-hydrogen) atoms. The molecule has 0 heterocycles. The van der Waals surface area contributed by atoms with Crippen LogP contribution in [0, 0.1) is 5.82 Å². The second-order valence-electron chi connectivity index (χ2n) is 3.68. The fraction of sp³-hybridized carbons (Fsp3) is 0.200. The van der Waals surface area contributed by atoms with E-state index < -0.39 is 38.2 Å². The molecule has 0 aliphatic carbocycles. The van der Waals surface area contributed by atoms with Gasteiger partial charge >= 0.3 is 5.97 Å². The normalized spacial score (nSPS) is 11.3. The van der Waals surface area contributed by atoms with Crippen LogP contribution >= 0.6 is 11.6 Å². The van der Waals surface area contributed by atoms with Crippen molar-refractivity contribution in [3.63, 3.8) is 0 Å². The molecule has 0 fully saturated rings. The van der Waals surface area contributed by atoms with Crippen LogP contribution in [0.1, 0.15) is 16.8 Å². The van der Waals surface area contributed by atoms with Gasteiger partial charge < -0.3 is 10.8 Å². The summed E-state index contributed by atoms with van der Waals surface area (Å²) in [5.41, 5.74) is 3.96. The number of benzene rings is 1. The van der Waals surface area contributed by atoms with E-state index in [1.165, 1.54) is 0 Å². The third kappa shape index (κ3) is 3.89. The Balaban J connectivity index is 3.18. The Morgan fingerprint density at radius 2 is 2.00 bits per heavy atom. The fourth-order valence-corrected chi connectivity index (χ4v) is 2.74. The maximum Gasteiger partial charge on any atom is 0.338 e. The van der Waals surface area contributed by atoms with E-state index in [0.717, 1.165) is 12.1 Å². The molecule has 0 spiro atoms. The lowest BCUT2D eigenvalue weighted by atomic mass is 10.2.